The summed E-state index contributed by atoms with van der Waals surface area (Å²) < 4.78 is 16.1. The Kier molecular flexibility index (Phi) is 4.96. The minimum atomic E-state index is -0.526. The molecule has 0 fully saturated rings. The van der Waals surface area contributed by atoms with Crippen LogP contribution >= 0.6 is 11.6 Å². The van der Waals surface area contributed by atoms with E-state index in [9.17, 15) is 0 Å². The van der Waals surface area contributed by atoms with Gasteiger partial charge in [-0.15, -0.1) is 11.6 Å². The van der Waals surface area contributed by atoms with Crippen molar-refractivity contribution in [2.45, 2.75) is 11.5 Å². The number of halogens is 1. The highest BCUT2D eigenvalue weighted by atomic mass is 35.5. The van der Waals surface area contributed by atoms with E-state index in [1.807, 2.05) is 6.07 Å². The van der Waals surface area contributed by atoms with E-state index in [-0.39, 0.29) is 0 Å². The van der Waals surface area contributed by atoms with Crippen molar-refractivity contribution < 1.29 is 14.2 Å². The largest absolute Gasteiger partial charge is 0.497 e. The van der Waals surface area contributed by atoms with Crippen LogP contribution in [0.1, 0.15) is 11.7 Å². The van der Waals surface area contributed by atoms with E-state index in [2.05, 4.69) is 15.0 Å². The van der Waals surface area contributed by atoms with Crippen LogP contribution in [0.2, 0.25) is 0 Å². The van der Waals surface area contributed by atoms with Gasteiger partial charge in [-0.25, -0.2) is 4.99 Å². The number of hydrogen-bond donors (Lipinski definition) is 0. The fourth-order valence-corrected chi connectivity index (χ4v) is 2.31. The third-order valence-corrected chi connectivity index (χ3v) is 3.69. The Hall–Kier alpha value is -2.60. The van der Waals surface area contributed by atoms with Crippen LogP contribution in [0.15, 0.2) is 52.7 Å². The molecule has 2 aromatic rings. The third kappa shape index (κ3) is 3.65. The third-order valence-electron chi connectivity index (χ3n) is 3.39. The summed E-state index contributed by atoms with van der Waals surface area (Å²) in [6, 6.07) is 9.02. The normalized spacial score (nSPS) is 19.5. The first kappa shape index (κ1) is 16.3. The first-order valence-corrected chi connectivity index (χ1v) is 7.69. The molecule has 0 N–H and O–H groups in total. The Morgan fingerprint density at radius 2 is 1.67 bits per heavy atom. The maximum Gasteiger partial charge on any atom is 0.216 e. The summed E-state index contributed by atoms with van der Waals surface area (Å²) in [6.07, 6.45) is 4.46. The molecule has 0 saturated carbocycles. The second kappa shape index (κ2) is 7.31. The number of ether oxygens (including phenoxy) is 3. The molecule has 124 valence electrons. The standard InChI is InChI=1S/C17H16ClN3O3/c1-22-12-3-5-13(6-4-12)24-17-15(18)10-20-16(21-17)11-7-14(23-2)9-19-8-11/h3-10,15-16H,1-2H3. The Morgan fingerprint density at radius 1 is 0.958 bits per heavy atom. The lowest BCUT2D eigenvalue weighted by atomic mass is 10.2. The van der Waals surface area contributed by atoms with Gasteiger partial charge in [-0.3, -0.25) is 9.98 Å². The van der Waals surface area contributed by atoms with Gasteiger partial charge in [-0.2, -0.15) is 0 Å². The first-order valence-electron chi connectivity index (χ1n) is 7.25. The minimum absolute atomic E-state index is 0.379. The number of benzene rings is 1. The number of nitrogens with zero attached hydrogens (tertiary/aromatic N) is 3. The molecular weight excluding hydrogens is 330 g/mol. The van der Waals surface area contributed by atoms with Crippen LogP contribution < -0.4 is 14.2 Å². The summed E-state index contributed by atoms with van der Waals surface area (Å²) in [5.74, 6) is 2.39. The molecule has 0 bridgehead atoms. The first-order chi connectivity index (χ1) is 11.7. The van der Waals surface area contributed by atoms with Gasteiger partial charge in [-0.1, -0.05) is 0 Å². The predicted octanol–water partition coefficient (Wildman–Crippen LogP) is 3.27. The van der Waals surface area contributed by atoms with Crippen molar-refractivity contribution >= 4 is 23.7 Å². The van der Waals surface area contributed by atoms with E-state index in [4.69, 9.17) is 25.8 Å². The van der Waals surface area contributed by atoms with Gasteiger partial charge >= 0.3 is 0 Å². The summed E-state index contributed by atoms with van der Waals surface area (Å²) in [5.41, 5.74) is 0.796. The van der Waals surface area contributed by atoms with Gasteiger partial charge in [-0.05, 0) is 30.3 Å². The zero-order valence-electron chi connectivity index (χ0n) is 13.2. The van der Waals surface area contributed by atoms with Crippen LogP contribution in [0, 0.1) is 0 Å². The fraction of sp³-hybridized carbons (Fsp3) is 0.235. The zero-order valence-corrected chi connectivity index (χ0v) is 14.0. The molecule has 7 heteroatoms. The number of aliphatic imine (C=N–C) groups is 2. The topological polar surface area (TPSA) is 65.3 Å². The Bertz CT molecular complexity index is 762. The Labute approximate surface area is 144 Å². The van der Waals surface area contributed by atoms with E-state index < -0.39 is 11.5 Å². The zero-order chi connectivity index (χ0) is 16.9. The smallest absolute Gasteiger partial charge is 0.216 e. The second-order valence-electron chi connectivity index (χ2n) is 4.98. The molecule has 3 rings (SSSR count). The molecule has 0 spiro atoms. The summed E-state index contributed by atoms with van der Waals surface area (Å²) in [5, 5.41) is -0.526. The summed E-state index contributed by atoms with van der Waals surface area (Å²) >= 11 is 6.23. The van der Waals surface area contributed by atoms with E-state index in [0.717, 1.165) is 11.3 Å². The molecule has 1 aromatic heterocycles. The second-order valence-corrected chi connectivity index (χ2v) is 5.45. The average Bonchev–Trinajstić information content (AvgIpc) is 2.64. The maximum absolute atomic E-state index is 6.23. The molecule has 2 heterocycles. The van der Waals surface area contributed by atoms with Crippen LogP contribution in [0.4, 0.5) is 0 Å². The van der Waals surface area contributed by atoms with E-state index in [1.165, 1.54) is 0 Å². The van der Waals surface area contributed by atoms with Crippen molar-refractivity contribution in [3.05, 3.63) is 48.3 Å². The molecule has 0 saturated heterocycles. The van der Waals surface area contributed by atoms with Gasteiger partial charge in [0.25, 0.3) is 0 Å². The Morgan fingerprint density at radius 3 is 2.38 bits per heavy atom. The van der Waals surface area contributed by atoms with Gasteiger partial charge < -0.3 is 14.2 Å². The fourth-order valence-electron chi connectivity index (χ4n) is 2.14. The van der Waals surface area contributed by atoms with Gasteiger partial charge in [0, 0.05) is 18.0 Å². The molecule has 24 heavy (non-hydrogen) atoms. The summed E-state index contributed by atoms with van der Waals surface area (Å²) in [7, 11) is 3.19. The molecule has 2 atom stereocenters. The van der Waals surface area contributed by atoms with Crippen LogP contribution in [0.5, 0.6) is 17.2 Å². The molecule has 1 aliphatic rings. The average molecular weight is 346 g/mol. The monoisotopic (exact) mass is 345 g/mol. The van der Waals surface area contributed by atoms with Gasteiger partial charge in [0.05, 0.1) is 20.4 Å². The van der Waals surface area contributed by atoms with Gasteiger partial charge in [0.1, 0.15) is 22.6 Å². The van der Waals surface area contributed by atoms with Crippen molar-refractivity contribution in [2.24, 2.45) is 9.98 Å². The highest BCUT2D eigenvalue weighted by Crippen LogP contribution is 2.26. The molecule has 0 amide bonds. The van der Waals surface area contributed by atoms with Crippen LogP contribution in [0.25, 0.3) is 0 Å². The lowest BCUT2D eigenvalue weighted by Crippen LogP contribution is -2.26. The number of pyridine rings is 1. The van der Waals surface area contributed by atoms with E-state index in [1.54, 1.807) is 57.1 Å². The van der Waals surface area contributed by atoms with Crippen molar-refractivity contribution in [3.63, 3.8) is 0 Å². The lowest BCUT2D eigenvalue weighted by Gasteiger charge is -2.19. The molecule has 1 aromatic carbocycles. The number of methoxy groups -OCH3 is 2. The maximum atomic E-state index is 6.23. The minimum Gasteiger partial charge on any atom is -0.497 e. The molecule has 0 aliphatic carbocycles. The van der Waals surface area contributed by atoms with Gasteiger partial charge in [0.15, 0.2) is 6.17 Å². The van der Waals surface area contributed by atoms with E-state index >= 15 is 0 Å². The number of aromatic nitrogens is 1. The highest BCUT2D eigenvalue weighted by Gasteiger charge is 2.22. The van der Waals surface area contributed by atoms with Crippen LogP contribution in [-0.2, 0) is 0 Å². The van der Waals surface area contributed by atoms with Crippen LogP contribution in [0.3, 0.4) is 0 Å². The van der Waals surface area contributed by atoms with E-state index in [0.29, 0.717) is 17.4 Å². The predicted molar refractivity (Wildman–Crippen MR) is 92.7 cm³/mol. The van der Waals surface area contributed by atoms with Crippen molar-refractivity contribution in [2.75, 3.05) is 14.2 Å². The number of alkyl halides is 1. The Balaban J connectivity index is 1.81. The van der Waals surface area contributed by atoms with Crippen molar-refractivity contribution in [3.8, 4) is 17.2 Å². The van der Waals surface area contributed by atoms with Crippen LogP contribution in [-0.4, -0.2) is 36.7 Å². The van der Waals surface area contributed by atoms with Crippen molar-refractivity contribution in [1.29, 1.82) is 0 Å². The highest BCUT2D eigenvalue weighted by molar-refractivity contribution is 6.39. The quantitative estimate of drug-likeness (QED) is 0.798. The molecule has 6 nitrogen and oxygen atoms in total. The molecule has 0 radical (unpaired) electrons. The summed E-state index contributed by atoms with van der Waals surface area (Å²) in [6.45, 7) is 0. The lowest BCUT2D eigenvalue weighted by molar-refractivity contribution is 0.411. The molecule has 2 unspecified atom stereocenters. The molecular formula is C17H16ClN3O3. The number of rotatable bonds is 4. The molecule has 1 aliphatic heterocycles. The summed E-state index contributed by atoms with van der Waals surface area (Å²) in [4.78, 5) is 12.9. The SMILES string of the molecule is COc1ccc(OC2=NC(c3cncc(OC)c3)N=CC2Cl)cc1. The van der Waals surface area contributed by atoms with Gasteiger partial charge in [0.2, 0.25) is 5.90 Å². The number of hydrogen-bond acceptors (Lipinski definition) is 6. The van der Waals surface area contributed by atoms with Crippen molar-refractivity contribution in [1.82, 2.24) is 4.98 Å².